The van der Waals surface area contributed by atoms with Crippen LogP contribution in [-0.2, 0) is 4.74 Å². The number of hydrogen-bond acceptors (Lipinski definition) is 3. The van der Waals surface area contributed by atoms with Crippen molar-refractivity contribution in [3.8, 4) is 0 Å². The highest BCUT2D eigenvalue weighted by atomic mass is 32.1. The molecule has 0 aromatic heterocycles. The van der Waals surface area contributed by atoms with Crippen molar-refractivity contribution in [1.29, 1.82) is 0 Å². The van der Waals surface area contributed by atoms with Crippen LogP contribution in [0.15, 0.2) is 11.6 Å². The number of carbonyl (C=O) groups is 1. The van der Waals surface area contributed by atoms with E-state index >= 15 is 0 Å². The summed E-state index contributed by atoms with van der Waals surface area (Å²) in [5.41, 5.74) is 1.49. The number of amides is 1. The molecule has 0 atom stereocenters. The first kappa shape index (κ1) is 16.0. The van der Waals surface area contributed by atoms with Crippen LogP contribution in [0.4, 0.5) is 4.79 Å². The Kier molecular flexibility index (Phi) is 7.48. The molecule has 1 rings (SSSR count). The monoisotopic (exact) mass is 284 g/mol. The van der Waals surface area contributed by atoms with Crippen molar-refractivity contribution in [2.75, 3.05) is 13.2 Å². The van der Waals surface area contributed by atoms with Crippen molar-refractivity contribution in [2.45, 2.75) is 46.0 Å². The average molecular weight is 284 g/mol. The molecular weight excluding hydrogens is 260 g/mol. The highest BCUT2D eigenvalue weighted by molar-refractivity contribution is 7.80. The van der Waals surface area contributed by atoms with Gasteiger partial charge >= 0.3 is 6.09 Å². The summed E-state index contributed by atoms with van der Waals surface area (Å²) >= 11 is 5.03. The van der Waals surface area contributed by atoms with Gasteiger partial charge in [-0.1, -0.05) is 25.5 Å². The molecule has 1 aliphatic carbocycles. The smallest absolute Gasteiger partial charge is 0.413 e. The van der Waals surface area contributed by atoms with Crippen LogP contribution in [0, 0.1) is 5.92 Å². The van der Waals surface area contributed by atoms with E-state index in [0.717, 1.165) is 13.0 Å². The van der Waals surface area contributed by atoms with Gasteiger partial charge in [0.2, 0.25) is 0 Å². The maximum Gasteiger partial charge on any atom is 0.413 e. The third kappa shape index (κ3) is 7.82. The molecule has 0 aromatic rings. The second-order valence-electron chi connectivity index (χ2n) is 5.23. The van der Waals surface area contributed by atoms with E-state index in [2.05, 4.69) is 16.7 Å². The molecule has 1 aliphatic rings. The highest BCUT2D eigenvalue weighted by Crippen LogP contribution is 2.19. The van der Waals surface area contributed by atoms with Gasteiger partial charge in [0.15, 0.2) is 5.11 Å². The largest absolute Gasteiger partial charge is 0.449 e. The third-order valence-corrected chi connectivity index (χ3v) is 3.13. The summed E-state index contributed by atoms with van der Waals surface area (Å²) < 4.78 is 4.98. The molecule has 4 nitrogen and oxygen atoms in total. The maximum absolute atomic E-state index is 11.4. The second-order valence-corrected chi connectivity index (χ2v) is 5.64. The predicted octanol–water partition coefficient (Wildman–Crippen LogP) is 3.13. The Morgan fingerprint density at radius 2 is 2.26 bits per heavy atom. The van der Waals surface area contributed by atoms with E-state index < -0.39 is 6.09 Å². The minimum absolute atomic E-state index is 0.325. The van der Waals surface area contributed by atoms with Crippen LogP contribution in [0.2, 0.25) is 0 Å². The van der Waals surface area contributed by atoms with Crippen molar-refractivity contribution in [1.82, 2.24) is 10.6 Å². The van der Waals surface area contributed by atoms with Gasteiger partial charge in [-0.15, -0.1) is 0 Å². The Morgan fingerprint density at radius 3 is 2.89 bits per heavy atom. The number of allylic oxidation sites excluding steroid dienone is 1. The first-order valence-electron chi connectivity index (χ1n) is 6.97. The molecule has 0 spiro atoms. The molecule has 5 heteroatoms. The Morgan fingerprint density at radius 1 is 1.47 bits per heavy atom. The van der Waals surface area contributed by atoms with Gasteiger partial charge in [-0.2, -0.15) is 0 Å². The minimum atomic E-state index is -0.483. The lowest BCUT2D eigenvalue weighted by molar-refractivity contribution is 0.138. The highest BCUT2D eigenvalue weighted by Gasteiger charge is 2.07. The van der Waals surface area contributed by atoms with E-state index in [1.807, 2.05) is 13.8 Å². The molecule has 0 saturated carbocycles. The van der Waals surface area contributed by atoms with Crippen molar-refractivity contribution in [3.63, 3.8) is 0 Å². The van der Waals surface area contributed by atoms with Gasteiger partial charge < -0.3 is 10.1 Å². The summed E-state index contributed by atoms with van der Waals surface area (Å²) in [5, 5.41) is 5.88. The van der Waals surface area contributed by atoms with Crippen molar-refractivity contribution >= 4 is 23.4 Å². The summed E-state index contributed by atoms with van der Waals surface area (Å²) in [7, 11) is 0. The van der Waals surface area contributed by atoms with Gasteiger partial charge in [0.25, 0.3) is 0 Å². The van der Waals surface area contributed by atoms with Crippen LogP contribution in [0.5, 0.6) is 0 Å². The lowest BCUT2D eigenvalue weighted by Gasteiger charge is -2.14. The second kappa shape index (κ2) is 8.91. The first-order chi connectivity index (χ1) is 9.08. The number of hydrogen-bond donors (Lipinski definition) is 2. The summed E-state index contributed by atoms with van der Waals surface area (Å²) in [6.45, 7) is 5.14. The SMILES string of the molecule is CC(C)COC(=O)NC(=S)NCCC1=CCCCC1. The van der Waals surface area contributed by atoms with Crippen LogP contribution in [0.3, 0.4) is 0 Å². The van der Waals surface area contributed by atoms with Crippen LogP contribution in [0.1, 0.15) is 46.0 Å². The molecule has 0 bridgehead atoms. The Bertz CT molecular complexity index is 340. The van der Waals surface area contributed by atoms with Gasteiger partial charge in [-0.25, -0.2) is 4.79 Å². The van der Waals surface area contributed by atoms with Crippen LogP contribution >= 0.6 is 12.2 Å². The van der Waals surface area contributed by atoms with Crippen LogP contribution in [0.25, 0.3) is 0 Å². The number of thiocarbonyl (C=S) groups is 1. The van der Waals surface area contributed by atoms with Gasteiger partial charge in [0.1, 0.15) is 0 Å². The van der Waals surface area contributed by atoms with E-state index in [4.69, 9.17) is 17.0 Å². The van der Waals surface area contributed by atoms with Gasteiger partial charge in [-0.05, 0) is 50.2 Å². The van der Waals surface area contributed by atoms with Crippen LogP contribution in [-0.4, -0.2) is 24.4 Å². The lowest BCUT2D eigenvalue weighted by atomic mass is 9.97. The summed E-state index contributed by atoms with van der Waals surface area (Å²) in [4.78, 5) is 11.4. The molecular formula is C14H24N2O2S. The number of alkyl carbamates (subject to hydrolysis) is 1. The van der Waals surface area contributed by atoms with E-state index in [1.165, 1.54) is 31.3 Å². The Labute approximate surface area is 121 Å². The average Bonchev–Trinajstić information content (AvgIpc) is 2.37. The summed E-state index contributed by atoms with van der Waals surface area (Å²) in [6.07, 6.45) is 7.80. The van der Waals surface area contributed by atoms with Crippen molar-refractivity contribution in [3.05, 3.63) is 11.6 Å². The molecule has 2 N–H and O–H groups in total. The summed E-state index contributed by atoms with van der Waals surface area (Å²) in [6, 6.07) is 0. The number of carbonyl (C=O) groups excluding carboxylic acids is 1. The quantitative estimate of drug-likeness (QED) is 0.601. The molecule has 0 aromatic carbocycles. The molecule has 0 radical (unpaired) electrons. The predicted molar refractivity (Wildman–Crippen MR) is 81.1 cm³/mol. The van der Waals surface area contributed by atoms with Gasteiger partial charge in [0, 0.05) is 6.54 Å². The maximum atomic E-state index is 11.4. The molecule has 19 heavy (non-hydrogen) atoms. The fourth-order valence-corrected chi connectivity index (χ4v) is 2.07. The Hall–Kier alpha value is -1.10. The fraction of sp³-hybridized carbons (Fsp3) is 0.714. The first-order valence-corrected chi connectivity index (χ1v) is 7.38. The Balaban J connectivity index is 2.10. The number of ether oxygens (including phenoxy) is 1. The zero-order valence-corrected chi connectivity index (χ0v) is 12.6. The topological polar surface area (TPSA) is 50.4 Å². The van der Waals surface area contributed by atoms with Gasteiger partial charge in [0.05, 0.1) is 6.61 Å². The zero-order chi connectivity index (χ0) is 14.1. The molecule has 0 aliphatic heterocycles. The van der Waals surface area contributed by atoms with Gasteiger partial charge in [-0.3, -0.25) is 5.32 Å². The van der Waals surface area contributed by atoms with Crippen molar-refractivity contribution < 1.29 is 9.53 Å². The summed E-state index contributed by atoms with van der Waals surface area (Å²) in [5.74, 6) is 0.325. The van der Waals surface area contributed by atoms with E-state index in [0.29, 0.717) is 17.6 Å². The number of nitrogens with one attached hydrogen (secondary N) is 2. The lowest BCUT2D eigenvalue weighted by Crippen LogP contribution is -2.40. The molecule has 1 amide bonds. The van der Waals surface area contributed by atoms with E-state index in [-0.39, 0.29) is 0 Å². The normalized spacial score (nSPS) is 14.8. The van der Waals surface area contributed by atoms with E-state index in [9.17, 15) is 4.79 Å². The van der Waals surface area contributed by atoms with E-state index in [1.54, 1.807) is 0 Å². The third-order valence-electron chi connectivity index (χ3n) is 2.88. The standard InChI is InChI=1S/C14H24N2O2S/c1-11(2)10-18-14(17)16-13(19)15-9-8-12-6-4-3-5-7-12/h6,11H,3-5,7-10H2,1-2H3,(H2,15,16,17,19). The molecule has 108 valence electrons. The van der Waals surface area contributed by atoms with Crippen LogP contribution < -0.4 is 10.6 Å². The molecule has 0 heterocycles. The van der Waals surface area contributed by atoms with Crippen molar-refractivity contribution in [2.24, 2.45) is 5.92 Å². The number of rotatable bonds is 5. The molecule has 0 fully saturated rings. The molecule has 0 unspecified atom stereocenters. The fourth-order valence-electron chi connectivity index (χ4n) is 1.88. The minimum Gasteiger partial charge on any atom is -0.449 e. The zero-order valence-electron chi connectivity index (χ0n) is 11.8. The molecule has 0 saturated heterocycles.